The van der Waals surface area contributed by atoms with Gasteiger partial charge in [0, 0.05) is 28.6 Å². The van der Waals surface area contributed by atoms with E-state index in [0.717, 1.165) is 53.8 Å². The molecule has 2 aromatic heterocycles. The normalized spacial score (nSPS) is 10.7. The molecule has 0 saturated heterocycles. The SMILES string of the molecule is COC(=O)c1scc(NC(=O)Nc2cc(Oc3cn(-c4ccc(C)cc4)c4ccccc34)c(OC)cc2F)c1C(=O)OC. The highest BCUT2D eigenvalue weighted by Gasteiger charge is 2.26. The van der Waals surface area contributed by atoms with E-state index in [0.29, 0.717) is 5.75 Å². The average molecular weight is 604 g/mol. The number of carbonyl (C=O) groups is 3. The third-order valence-corrected chi connectivity index (χ3v) is 7.47. The van der Waals surface area contributed by atoms with Gasteiger partial charge in [-0.2, -0.15) is 0 Å². The molecule has 0 fully saturated rings. The fourth-order valence-electron chi connectivity index (χ4n) is 4.41. The van der Waals surface area contributed by atoms with Crippen molar-refractivity contribution in [2.45, 2.75) is 6.92 Å². The van der Waals surface area contributed by atoms with Crippen molar-refractivity contribution in [3.63, 3.8) is 0 Å². The number of benzene rings is 3. The molecule has 43 heavy (non-hydrogen) atoms. The van der Waals surface area contributed by atoms with Crippen LogP contribution in [0.2, 0.25) is 0 Å². The molecule has 12 heteroatoms. The molecule has 0 spiro atoms. The van der Waals surface area contributed by atoms with Gasteiger partial charge in [0.1, 0.15) is 10.4 Å². The maximum Gasteiger partial charge on any atom is 0.349 e. The molecular weight excluding hydrogens is 577 g/mol. The van der Waals surface area contributed by atoms with Gasteiger partial charge < -0.3 is 34.1 Å². The summed E-state index contributed by atoms with van der Waals surface area (Å²) in [6.07, 6.45) is 1.82. The van der Waals surface area contributed by atoms with Crippen molar-refractivity contribution >= 4 is 51.6 Å². The molecule has 0 radical (unpaired) electrons. The second-order valence-electron chi connectivity index (χ2n) is 9.22. The molecule has 0 bridgehead atoms. The van der Waals surface area contributed by atoms with Crippen molar-refractivity contribution in [3.8, 4) is 22.9 Å². The molecule has 5 rings (SSSR count). The average Bonchev–Trinajstić information content (AvgIpc) is 3.60. The van der Waals surface area contributed by atoms with Crippen LogP contribution in [-0.2, 0) is 9.47 Å². The minimum atomic E-state index is -0.884. The number of anilines is 2. The number of amides is 2. The maximum absolute atomic E-state index is 15.1. The van der Waals surface area contributed by atoms with Crippen molar-refractivity contribution in [1.29, 1.82) is 0 Å². The highest BCUT2D eigenvalue weighted by Crippen LogP contribution is 2.40. The number of carbonyl (C=O) groups excluding carboxylic acids is 3. The van der Waals surface area contributed by atoms with Crippen LogP contribution in [0, 0.1) is 12.7 Å². The lowest BCUT2D eigenvalue weighted by Crippen LogP contribution is -2.22. The van der Waals surface area contributed by atoms with Gasteiger partial charge in [-0.25, -0.2) is 18.8 Å². The molecule has 3 aromatic carbocycles. The number of nitrogens with zero attached hydrogens (tertiary/aromatic N) is 1. The number of aromatic nitrogens is 1. The Labute approximate surface area is 249 Å². The molecule has 2 heterocycles. The van der Waals surface area contributed by atoms with Crippen LogP contribution < -0.4 is 20.1 Å². The van der Waals surface area contributed by atoms with Gasteiger partial charge in [0.2, 0.25) is 0 Å². The van der Waals surface area contributed by atoms with Crippen LogP contribution in [0.5, 0.6) is 17.2 Å². The molecule has 0 aliphatic heterocycles. The number of ether oxygens (including phenoxy) is 4. The number of rotatable bonds is 8. The van der Waals surface area contributed by atoms with E-state index in [9.17, 15) is 14.4 Å². The standard InChI is InChI=1S/C31H26FN3O7S/c1-17-9-11-18(12-10-17)35-15-26(19-7-5-6-8-23(19)35)42-25-14-21(20(32)13-24(25)39-2)33-31(38)34-22-16-43-28(30(37)41-4)27(22)29(36)40-3/h5-16H,1-4H3,(H2,33,34,38). The van der Waals surface area contributed by atoms with E-state index in [4.69, 9.17) is 18.9 Å². The topological polar surface area (TPSA) is 117 Å². The van der Waals surface area contributed by atoms with Gasteiger partial charge >= 0.3 is 18.0 Å². The zero-order valence-corrected chi connectivity index (χ0v) is 24.3. The predicted molar refractivity (Wildman–Crippen MR) is 161 cm³/mol. The van der Waals surface area contributed by atoms with E-state index < -0.39 is 23.8 Å². The van der Waals surface area contributed by atoms with Crippen molar-refractivity contribution in [2.24, 2.45) is 0 Å². The van der Waals surface area contributed by atoms with E-state index >= 15 is 4.39 Å². The Bertz CT molecular complexity index is 1850. The number of methoxy groups -OCH3 is 3. The summed E-state index contributed by atoms with van der Waals surface area (Å²) in [4.78, 5) is 37.3. The van der Waals surface area contributed by atoms with Gasteiger partial charge in [-0.15, -0.1) is 11.3 Å². The number of hydrogen-bond donors (Lipinski definition) is 2. The summed E-state index contributed by atoms with van der Waals surface area (Å²) < 4.78 is 38.1. The summed E-state index contributed by atoms with van der Waals surface area (Å²) in [5.74, 6) is -1.70. The van der Waals surface area contributed by atoms with E-state index in [1.54, 1.807) is 0 Å². The Morgan fingerprint density at radius 3 is 2.23 bits per heavy atom. The summed E-state index contributed by atoms with van der Waals surface area (Å²) in [6.45, 7) is 2.01. The molecule has 0 saturated carbocycles. The quantitative estimate of drug-likeness (QED) is 0.181. The molecule has 2 amide bonds. The first-order chi connectivity index (χ1) is 20.7. The molecule has 0 aliphatic rings. The first-order valence-corrected chi connectivity index (χ1v) is 13.7. The van der Waals surface area contributed by atoms with Gasteiger partial charge in [-0.3, -0.25) is 0 Å². The van der Waals surface area contributed by atoms with Gasteiger partial charge in [0.25, 0.3) is 0 Å². The van der Waals surface area contributed by atoms with Gasteiger partial charge in [0.05, 0.1) is 44.4 Å². The number of halogens is 1. The fraction of sp³-hybridized carbons (Fsp3) is 0.129. The summed E-state index contributed by atoms with van der Waals surface area (Å²) in [5, 5.41) is 7.05. The van der Waals surface area contributed by atoms with Gasteiger partial charge in [0.15, 0.2) is 23.1 Å². The number of para-hydroxylation sites is 1. The highest BCUT2D eigenvalue weighted by atomic mass is 32.1. The molecule has 5 aromatic rings. The maximum atomic E-state index is 15.1. The Hall–Kier alpha value is -5.36. The molecule has 0 aliphatic carbocycles. The minimum Gasteiger partial charge on any atom is -0.493 e. The summed E-state index contributed by atoms with van der Waals surface area (Å²) >= 11 is 0.884. The first-order valence-electron chi connectivity index (χ1n) is 12.8. The van der Waals surface area contributed by atoms with Crippen LogP contribution >= 0.6 is 11.3 Å². The monoisotopic (exact) mass is 603 g/mol. The van der Waals surface area contributed by atoms with E-state index in [2.05, 4.69) is 10.6 Å². The Balaban J connectivity index is 1.45. The minimum absolute atomic E-state index is 0.0101. The van der Waals surface area contributed by atoms with Crippen LogP contribution in [0.1, 0.15) is 25.6 Å². The number of aryl methyl sites for hydroxylation is 1. The van der Waals surface area contributed by atoms with E-state index in [1.807, 2.05) is 66.2 Å². The van der Waals surface area contributed by atoms with Gasteiger partial charge in [-0.1, -0.05) is 29.8 Å². The molecule has 0 atom stereocenters. The number of fused-ring (bicyclic) bond motifs is 1. The van der Waals surface area contributed by atoms with Crippen LogP contribution in [0.4, 0.5) is 20.6 Å². The molecular formula is C31H26FN3O7S. The van der Waals surface area contributed by atoms with Crippen LogP contribution in [0.25, 0.3) is 16.6 Å². The summed E-state index contributed by atoms with van der Waals surface area (Å²) in [7, 11) is 3.67. The van der Waals surface area contributed by atoms with Crippen LogP contribution in [0.3, 0.4) is 0 Å². The molecule has 220 valence electrons. The zero-order chi connectivity index (χ0) is 30.7. The number of thiophene rings is 1. The fourth-order valence-corrected chi connectivity index (χ4v) is 5.31. The Morgan fingerprint density at radius 2 is 1.53 bits per heavy atom. The molecule has 0 unspecified atom stereocenters. The smallest absolute Gasteiger partial charge is 0.349 e. The van der Waals surface area contributed by atoms with Crippen LogP contribution in [-0.4, -0.2) is 43.9 Å². The second-order valence-corrected chi connectivity index (χ2v) is 10.1. The first kappa shape index (κ1) is 29.1. The molecule has 10 nitrogen and oxygen atoms in total. The number of nitrogens with one attached hydrogen (secondary N) is 2. The summed E-state index contributed by atoms with van der Waals surface area (Å²) in [6, 6.07) is 17.2. The number of hydrogen-bond acceptors (Lipinski definition) is 8. The Kier molecular flexibility index (Phi) is 8.30. The number of esters is 2. The number of urea groups is 1. The van der Waals surface area contributed by atoms with E-state index in [1.165, 1.54) is 18.6 Å². The van der Waals surface area contributed by atoms with Crippen molar-refractivity contribution < 1.29 is 37.7 Å². The lowest BCUT2D eigenvalue weighted by Gasteiger charge is -2.14. The lowest BCUT2D eigenvalue weighted by molar-refractivity contribution is 0.0561. The van der Waals surface area contributed by atoms with Crippen LogP contribution in [0.15, 0.2) is 72.2 Å². The lowest BCUT2D eigenvalue weighted by atomic mass is 10.2. The highest BCUT2D eigenvalue weighted by molar-refractivity contribution is 7.13. The third kappa shape index (κ3) is 5.86. The van der Waals surface area contributed by atoms with Gasteiger partial charge in [-0.05, 0) is 31.2 Å². The van der Waals surface area contributed by atoms with Crippen molar-refractivity contribution in [3.05, 3.63) is 94.1 Å². The predicted octanol–water partition coefficient (Wildman–Crippen LogP) is 7.16. The van der Waals surface area contributed by atoms with Crippen molar-refractivity contribution in [2.75, 3.05) is 32.0 Å². The second kappa shape index (κ2) is 12.2. The largest absolute Gasteiger partial charge is 0.493 e. The van der Waals surface area contributed by atoms with Crippen molar-refractivity contribution in [1.82, 2.24) is 4.57 Å². The summed E-state index contributed by atoms with van der Waals surface area (Å²) in [5.41, 5.74) is 2.53. The Morgan fingerprint density at radius 1 is 0.837 bits per heavy atom. The van der Waals surface area contributed by atoms with E-state index in [-0.39, 0.29) is 33.3 Å². The third-order valence-electron chi connectivity index (χ3n) is 6.51. The molecule has 2 N–H and O–H groups in total. The zero-order valence-electron chi connectivity index (χ0n) is 23.5.